The molecule has 1 N–H and O–H groups in total. The molecule has 1 aliphatic heterocycles. The minimum atomic E-state index is 0.647. The Morgan fingerprint density at radius 3 is 2.88 bits per heavy atom. The molecule has 1 aliphatic rings. The van der Waals surface area contributed by atoms with Gasteiger partial charge in [-0.25, -0.2) is 4.98 Å². The summed E-state index contributed by atoms with van der Waals surface area (Å²) < 4.78 is 6.67. The molecular formula is C11H16IN3O. The van der Waals surface area contributed by atoms with E-state index in [9.17, 15) is 0 Å². The Balaban J connectivity index is 1.69. The minimum Gasteiger partial charge on any atom is -0.361 e. The summed E-state index contributed by atoms with van der Waals surface area (Å²) >= 11 is 2.20. The molecule has 0 aliphatic carbocycles. The second-order valence-corrected chi connectivity index (χ2v) is 4.94. The lowest BCUT2D eigenvalue weighted by Crippen LogP contribution is -2.44. The summed E-state index contributed by atoms with van der Waals surface area (Å²) in [6.07, 6.45) is 1.87. The molecule has 2 rings (SSSR count). The Morgan fingerprint density at radius 2 is 2.19 bits per heavy atom. The van der Waals surface area contributed by atoms with Crippen molar-refractivity contribution in [2.45, 2.75) is 6.61 Å². The normalized spacial score (nSPS) is 17.6. The van der Waals surface area contributed by atoms with Crippen LogP contribution >= 0.6 is 22.6 Å². The van der Waals surface area contributed by atoms with Gasteiger partial charge in [-0.05, 0) is 34.2 Å². The van der Waals surface area contributed by atoms with Crippen LogP contribution in [0.5, 0.6) is 0 Å². The molecular weight excluding hydrogens is 317 g/mol. The number of pyridine rings is 1. The van der Waals surface area contributed by atoms with E-state index in [4.69, 9.17) is 4.74 Å². The smallest absolute Gasteiger partial charge is 0.101 e. The predicted octanol–water partition coefficient (Wildman–Crippen LogP) is 1.07. The van der Waals surface area contributed by atoms with E-state index in [0.29, 0.717) is 13.3 Å². The van der Waals surface area contributed by atoms with Gasteiger partial charge in [0.15, 0.2) is 0 Å². The number of ether oxygens (including phenoxy) is 1. The van der Waals surface area contributed by atoms with Crippen LogP contribution in [0.3, 0.4) is 0 Å². The van der Waals surface area contributed by atoms with Crippen molar-refractivity contribution in [1.82, 2.24) is 15.2 Å². The third-order valence-corrected chi connectivity index (χ3v) is 3.18. The number of hydrogen-bond acceptors (Lipinski definition) is 4. The first-order chi connectivity index (χ1) is 7.84. The molecule has 0 unspecified atom stereocenters. The van der Waals surface area contributed by atoms with Gasteiger partial charge in [0.05, 0.1) is 13.3 Å². The van der Waals surface area contributed by atoms with Crippen LogP contribution in [0.2, 0.25) is 0 Å². The van der Waals surface area contributed by atoms with E-state index in [0.717, 1.165) is 35.4 Å². The number of piperazine rings is 1. The lowest BCUT2D eigenvalue weighted by Gasteiger charge is -2.26. The molecule has 1 saturated heterocycles. The molecule has 0 saturated carbocycles. The van der Waals surface area contributed by atoms with Crippen molar-refractivity contribution in [2.24, 2.45) is 0 Å². The molecule has 1 aromatic rings. The van der Waals surface area contributed by atoms with Gasteiger partial charge in [0, 0.05) is 32.4 Å². The van der Waals surface area contributed by atoms with Crippen molar-refractivity contribution in [3.05, 3.63) is 27.6 Å². The van der Waals surface area contributed by atoms with Gasteiger partial charge >= 0.3 is 0 Å². The highest BCUT2D eigenvalue weighted by Gasteiger charge is 2.08. The van der Waals surface area contributed by atoms with Crippen molar-refractivity contribution >= 4 is 22.6 Å². The van der Waals surface area contributed by atoms with Gasteiger partial charge in [-0.1, -0.05) is 6.07 Å². The fourth-order valence-corrected chi connectivity index (χ4v) is 1.94. The maximum Gasteiger partial charge on any atom is 0.101 e. The van der Waals surface area contributed by atoms with Gasteiger partial charge in [-0.2, -0.15) is 0 Å². The van der Waals surface area contributed by atoms with Gasteiger partial charge < -0.3 is 10.1 Å². The summed E-state index contributed by atoms with van der Waals surface area (Å²) in [5, 5.41) is 3.32. The number of nitrogens with one attached hydrogen (secondary N) is 1. The Hall–Kier alpha value is -0.240. The number of aromatic nitrogens is 1. The molecule has 0 radical (unpaired) electrons. The Morgan fingerprint density at radius 1 is 1.38 bits per heavy atom. The first-order valence-electron chi connectivity index (χ1n) is 5.46. The highest BCUT2D eigenvalue weighted by Crippen LogP contribution is 2.04. The third kappa shape index (κ3) is 3.97. The highest BCUT2D eigenvalue weighted by molar-refractivity contribution is 14.1. The molecule has 2 heterocycles. The second kappa shape index (κ2) is 6.48. The summed E-state index contributed by atoms with van der Waals surface area (Å²) in [5.74, 6) is 0. The van der Waals surface area contributed by atoms with Crippen LogP contribution in [-0.2, 0) is 11.3 Å². The zero-order valence-electron chi connectivity index (χ0n) is 9.16. The van der Waals surface area contributed by atoms with Crippen LogP contribution in [0.1, 0.15) is 5.56 Å². The second-order valence-electron chi connectivity index (χ2n) is 3.83. The van der Waals surface area contributed by atoms with Crippen LogP contribution in [-0.4, -0.2) is 42.8 Å². The third-order valence-electron chi connectivity index (χ3n) is 2.54. The molecule has 1 fully saturated rings. The fourth-order valence-electron chi connectivity index (χ4n) is 1.62. The summed E-state index contributed by atoms with van der Waals surface area (Å²) in [4.78, 5) is 6.54. The van der Waals surface area contributed by atoms with Crippen molar-refractivity contribution in [3.63, 3.8) is 0 Å². The number of halogens is 1. The molecule has 4 nitrogen and oxygen atoms in total. The predicted molar refractivity (Wildman–Crippen MR) is 71.1 cm³/mol. The van der Waals surface area contributed by atoms with E-state index in [1.807, 2.05) is 12.3 Å². The van der Waals surface area contributed by atoms with Crippen molar-refractivity contribution < 1.29 is 4.74 Å². The quantitative estimate of drug-likeness (QED) is 0.661. The zero-order chi connectivity index (χ0) is 11.2. The molecule has 88 valence electrons. The van der Waals surface area contributed by atoms with E-state index in [2.05, 4.69) is 43.9 Å². The first kappa shape index (κ1) is 12.2. The largest absolute Gasteiger partial charge is 0.361 e. The topological polar surface area (TPSA) is 37.4 Å². The van der Waals surface area contributed by atoms with Gasteiger partial charge in [-0.3, -0.25) is 4.90 Å². The summed E-state index contributed by atoms with van der Waals surface area (Å²) in [6.45, 7) is 5.64. The van der Waals surface area contributed by atoms with Gasteiger partial charge in [-0.15, -0.1) is 0 Å². The molecule has 0 amide bonds. The van der Waals surface area contributed by atoms with E-state index in [1.54, 1.807) is 0 Å². The lowest BCUT2D eigenvalue weighted by atomic mass is 10.3. The van der Waals surface area contributed by atoms with Crippen LogP contribution in [0.4, 0.5) is 0 Å². The summed E-state index contributed by atoms with van der Waals surface area (Å²) in [7, 11) is 0. The van der Waals surface area contributed by atoms with Crippen LogP contribution in [0, 0.1) is 3.70 Å². The SMILES string of the molecule is Ic1ccc(COCN2CCNCC2)cn1. The molecule has 0 bridgehead atoms. The summed E-state index contributed by atoms with van der Waals surface area (Å²) in [6, 6.07) is 4.07. The van der Waals surface area contributed by atoms with Gasteiger partial charge in [0.25, 0.3) is 0 Å². The zero-order valence-corrected chi connectivity index (χ0v) is 11.3. The van der Waals surface area contributed by atoms with Crippen molar-refractivity contribution in [3.8, 4) is 0 Å². The number of hydrogen-bond donors (Lipinski definition) is 1. The maximum atomic E-state index is 5.65. The minimum absolute atomic E-state index is 0.647. The Bertz CT molecular complexity index is 312. The molecule has 0 aromatic carbocycles. The first-order valence-corrected chi connectivity index (χ1v) is 6.54. The van der Waals surface area contributed by atoms with E-state index < -0.39 is 0 Å². The lowest BCUT2D eigenvalue weighted by molar-refractivity contribution is 0.0130. The average molecular weight is 333 g/mol. The number of nitrogens with zero attached hydrogens (tertiary/aromatic N) is 2. The monoisotopic (exact) mass is 333 g/mol. The standard InChI is InChI=1S/C11H16IN3O/c12-11-2-1-10(7-14-11)8-16-9-15-5-3-13-4-6-15/h1-2,7,13H,3-6,8-9H2. The van der Waals surface area contributed by atoms with Crippen LogP contribution in [0.15, 0.2) is 18.3 Å². The molecule has 1 aromatic heterocycles. The molecule has 0 spiro atoms. The average Bonchev–Trinajstić information content (AvgIpc) is 2.33. The van der Waals surface area contributed by atoms with E-state index >= 15 is 0 Å². The van der Waals surface area contributed by atoms with E-state index in [-0.39, 0.29) is 0 Å². The van der Waals surface area contributed by atoms with Crippen molar-refractivity contribution in [1.29, 1.82) is 0 Å². The van der Waals surface area contributed by atoms with Crippen LogP contribution < -0.4 is 5.32 Å². The maximum absolute atomic E-state index is 5.65. The van der Waals surface area contributed by atoms with Gasteiger partial charge in [0.1, 0.15) is 3.70 Å². The molecule has 0 atom stereocenters. The number of rotatable bonds is 4. The Labute approximate surface area is 110 Å². The highest BCUT2D eigenvalue weighted by atomic mass is 127. The van der Waals surface area contributed by atoms with Gasteiger partial charge in [0.2, 0.25) is 0 Å². The molecule has 5 heteroatoms. The molecule has 16 heavy (non-hydrogen) atoms. The van der Waals surface area contributed by atoms with Crippen molar-refractivity contribution in [2.75, 3.05) is 32.9 Å². The summed E-state index contributed by atoms with van der Waals surface area (Å²) in [5.41, 5.74) is 1.13. The van der Waals surface area contributed by atoms with E-state index in [1.165, 1.54) is 0 Å². The fraction of sp³-hybridized carbons (Fsp3) is 0.545. The Kier molecular flexibility index (Phi) is 4.95. The van der Waals surface area contributed by atoms with Crippen LogP contribution in [0.25, 0.3) is 0 Å².